The van der Waals surface area contributed by atoms with Crippen molar-refractivity contribution in [3.8, 4) is 0 Å². The molecule has 0 radical (unpaired) electrons. The van der Waals surface area contributed by atoms with E-state index in [-0.39, 0.29) is 6.04 Å². The summed E-state index contributed by atoms with van der Waals surface area (Å²) < 4.78 is 28.5. The van der Waals surface area contributed by atoms with Gasteiger partial charge in [-0.1, -0.05) is 26.0 Å². The molecule has 0 spiro atoms. The topological polar surface area (TPSA) is 70.2 Å². The first-order valence-electron chi connectivity index (χ1n) is 6.57. The zero-order chi connectivity index (χ0) is 13.9. The highest BCUT2D eigenvalue weighted by atomic mass is 32.2. The van der Waals surface area contributed by atoms with Crippen molar-refractivity contribution in [3.05, 3.63) is 29.8 Å². The van der Waals surface area contributed by atoms with Gasteiger partial charge < -0.3 is 5.32 Å². The Labute approximate surface area is 115 Å². The fourth-order valence-corrected chi connectivity index (χ4v) is 2.80. The number of benzene rings is 1. The van der Waals surface area contributed by atoms with Crippen molar-refractivity contribution in [1.82, 2.24) is 10.0 Å². The van der Waals surface area contributed by atoms with E-state index in [9.17, 15) is 8.42 Å². The van der Waals surface area contributed by atoms with Crippen LogP contribution in [0.2, 0.25) is 0 Å². The van der Waals surface area contributed by atoms with E-state index < -0.39 is 10.2 Å². The molecule has 5 nitrogen and oxygen atoms in total. The van der Waals surface area contributed by atoms with Gasteiger partial charge in [0.05, 0.1) is 0 Å². The van der Waals surface area contributed by atoms with E-state index in [1.807, 2.05) is 12.1 Å². The lowest BCUT2D eigenvalue weighted by Crippen LogP contribution is -2.31. The third kappa shape index (κ3) is 5.18. The number of hydrogen-bond donors (Lipinski definition) is 3. The van der Waals surface area contributed by atoms with Crippen molar-refractivity contribution in [2.24, 2.45) is 0 Å². The molecule has 3 N–H and O–H groups in total. The molecule has 0 aromatic heterocycles. The summed E-state index contributed by atoms with van der Waals surface area (Å²) in [5.41, 5.74) is 1.72. The molecule has 106 valence electrons. The molecule has 0 unspecified atom stereocenters. The second kappa shape index (κ2) is 5.90. The lowest BCUT2D eigenvalue weighted by atomic mass is 10.2. The number of rotatable bonds is 7. The van der Waals surface area contributed by atoms with Crippen LogP contribution in [0.3, 0.4) is 0 Å². The molecule has 0 aliphatic heterocycles. The van der Waals surface area contributed by atoms with Crippen LogP contribution in [0.4, 0.5) is 5.69 Å². The monoisotopic (exact) mass is 283 g/mol. The van der Waals surface area contributed by atoms with E-state index in [0.717, 1.165) is 24.9 Å². The van der Waals surface area contributed by atoms with Crippen molar-refractivity contribution in [2.75, 3.05) is 4.72 Å². The molecule has 0 atom stereocenters. The van der Waals surface area contributed by atoms with Crippen LogP contribution < -0.4 is 14.8 Å². The average molecular weight is 283 g/mol. The summed E-state index contributed by atoms with van der Waals surface area (Å²) in [7, 11) is -3.43. The maximum Gasteiger partial charge on any atom is 0.299 e. The van der Waals surface area contributed by atoms with Crippen molar-refractivity contribution in [1.29, 1.82) is 0 Å². The summed E-state index contributed by atoms with van der Waals surface area (Å²) in [6.45, 7) is 4.96. The van der Waals surface area contributed by atoms with Crippen molar-refractivity contribution in [2.45, 2.75) is 45.3 Å². The Kier molecular flexibility index (Phi) is 4.44. The Morgan fingerprint density at radius 3 is 2.37 bits per heavy atom. The van der Waals surface area contributed by atoms with Crippen LogP contribution in [0.25, 0.3) is 0 Å². The predicted molar refractivity (Wildman–Crippen MR) is 77.1 cm³/mol. The van der Waals surface area contributed by atoms with Crippen molar-refractivity contribution < 1.29 is 8.42 Å². The third-order valence-corrected chi connectivity index (χ3v) is 3.97. The molecular weight excluding hydrogens is 262 g/mol. The Balaban J connectivity index is 1.90. The fraction of sp³-hybridized carbons (Fsp3) is 0.538. The number of nitrogens with one attached hydrogen (secondary N) is 3. The van der Waals surface area contributed by atoms with Gasteiger partial charge in [-0.3, -0.25) is 4.72 Å². The van der Waals surface area contributed by atoms with E-state index in [1.165, 1.54) is 0 Å². The van der Waals surface area contributed by atoms with Crippen LogP contribution in [0.15, 0.2) is 24.3 Å². The first-order valence-corrected chi connectivity index (χ1v) is 8.05. The maximum atomic E-state index is 11.7. The van der Waals surface area contributed by atoms with Gasteiger partial charge in [0.15, 0.2) is 0 Å². The molecule has 0 amide bonds. The molecule has 6 heteroatoms. The highest BCUT2D eigenvalue weighted by molar-refractivity contribution is 7.90. The van der Waals surface area contributed by atoms with E-state index in [2.05, 4.69) is 28.6 Å². The van der Waals surface area contributed by atoms with Crippen LogP contribution in [0.1, 0.15) is 32.3 Å². The van der Waals surface area contributed by atoms with Crippen LogP contribution >= 0.6 is 0 Å². The van der Waals surface area contributed by atoms with Gasteiger partial charge in [-0.15, -0.1) is 0 Å². The van der Waals surface area contributed by atoms with Gasteiger partial charge in [0, 0.05) is 24.3 Å². The Morgan fingerprint density at radius 1 is 1.21 bits per heavy atom. The molecule has 1 fully saturated rings. The standard InChI is InChI=1S/C13H21N3O2S/c1-10(2)14-9-11-3-5-12(6-4-11)15-19(17,18)16-13-7-8-13/h3-6,10,13-16H,7-9H2,1-2H3. The third-order valence-electron chi connectivity index (χ3n) is 2.82. The molecule has 1 aliphatic rings. The molecular formula is C13H21N3O2S. The van der Waals surface area contributed by atoms with E-state index >= 15 is 0 Å². The zero-order valence-corrected chi connectivity index (χ0v) is 12.1. The Morgan fingerprint density at radius 2 is 1.84 bits per heavy atom. The molecule has 19 heavy (non-hydrogen) atoms. The average Bonchev–Trinajstić information content (AvgIpc) is 3.10. The van der Waals surface area contributed by atoms with Crippen LogP contribution in [0.5, 0.6) is 0 Å². The number of anilines is 1. The first kappa shape index (κ1) is 14.3. The van der Waals surface area contributed by atoms with Crippen molar-refractivity contribution in [3.63, 3.8) is 0 Å². The lowest BCUT2D eigenvalue weighted by Gasteiger charge is -2.10. The van der Waals surface area contributed by atoms with E-state index in [1.54, 1.807) is 12.1 Å². The minimum Gasteiger partial charge on any atom is -0.310 e. The zero-order valence-electron chi connectivity index (χ0n) is 11.3. The second-order valence-corrected chi connectivity index (χ2v) is 6.68. The molecule has 0 saturated heterocycles. The minimum atomic E-state index is -3.43. The summed E-state index contributed by atoms with van der Waals surface area (Å²) in [6, 6.07) is 7.95. The van der Waals surface area contributed by atoms with Gasteiger partial charge in [0.25, 0.3) is 10.2 Å². The largest absolute Gasteiger partial charge is 0.310 e. The van der Waals surface area contributed by atoms with Gasteiger partial charge in [-0.05, 0) is 30.5 Å². The predicted octanol–water partition coefficient (Wildman–Crippen LogP) is 1.59. The van der Waals surface area contributed by atoms with Crippen LogP contribution in [0, 0.1) is 0 Å². The molecule has 0 heterocycles. The molecule has 1 aromatic rings. The van der Waals surface area contributed by atoms with E-state index in [0.29, 0.717) is 11.7 Å². The maximum absolute atomic E-state index is 11.7. The molecule has 1 aromatic carbocycles. The SMILES string of the molecule is CC(C)NCc1ccc(NS(=O)(=O)NC2CC2)cc1. The summed E-state index contributed by atoms with van der Waals surface area (Å²) in [5, 5.41) is 3.31. The first-order chi connectivity index (χ1) is 8.94. The minimum absolute atomic E-state index is 0.118. The molecule has 1 aliphatic carbocycles. The number of hydrogen-bond acceptors (Lipinski definition) is 3. The Hall–Kier alpha value is -1.11. The molecule has 0 bridgehead atoms. The fourth-order valence-electron chi connectivity index (χ4n) is 1.62. The molecule has 2 rings (SSSR count). The summed E-state index contributed by atoms with van der Waals surface area (Å²) >= 11 is 0. The van der Waals surface area contributed by atoms with Crippen molar-refractivity contribution >= 4 is 15.9 Å². The van der Waals surface area contributed by atoms with Gasteiger partial charge in [-0.2, -0.15) is 13.1 Å². The molecule has 1 saturated carbocycles. The summed E-state index contributed by atoms with van der Waals surface area (Å²) in [5.74, 6) is 0. The smallest absolute Gasteiger partial charge is 0.299 e. The lowest BCUT2D eigenvalue weighted by molar-refractivity contribution is 0.586. The van der Waals surface area contributed by atoms with Gasteiger partial charge in [-0.25, -0.2) is 0 Å². The highest BCUT2D eigenvalue weighted by Crippen LogP contribution is 2.20. The van der Waals surface area contributed by atoms with Gasteiger partial charge >= 0.3 is 0 Å². The van der Waals surface area contributed by atoms with E-state index in [4.69, 9.17) is 0 Å². The van der Waals surface area contributed by atoms with Crippen LogP contribution in [-0.2, 0) is 16.8 Å². The summed E-state index contributed by atoms with van der Waals surface area (Å²) in [6.07, 6.45) is 1.86. The Bertz CT molecular complexity index is 507. The summed E-state index contributed by atoms with van der Waals surface area (Å²) in [4.78, 5) is 0. The van der Waals surface area contributed by atoms with Gasteiger partial charge in [0.1, 0.15) is 0 Å². The normalized spacial score (nSPS) is 15.7. The van der Waals surface area contributed by atoms with Gasteiger partial charge in [0.2, 0.25) is 0 Å². The second-order valence-electron chi connectivity index (χ2n) is 5.23. The van der Waals surface area contributed by atoms with Crippen LogP contribution in [-0.4, -0.2) is 20.5 Å². The quantitative estimate of drug-likeness (QED) is 0.712. The highest BCUT2D eigenvalue weighted by Gasteiger charge is 2.26.